The number of para-hydroxylation sites is 1. The second-order valence-electron chi connectivity index (χ2n) is 5.69. The molecule has 0 spiro atoms. The molecule has 0 atom stereocenters. The van der Waals surface area contributed by atoms with E-state index in [1.54, 1.807) is 24.5 Å². The van der Waals surface area contributed by atoms with Crippen LogP contribution >= 0.6 is 0 Å². The first kappa shape index (κ1) is 14.5. The van der Waals surface area contributed by atoms with E-state index in [1.165, 1.54) is 0 Å². The second kappa shape index (κ2) is 5.84. The Morgan fingerprint density at radius 2 is 1.96 bits per heavy atom. The summed E-state index contributed by atoms with van der Waals surface area (Å²) in [5, 5.41) is 0. The molecule has 4 rings (SSSR count). The van der Waals surface area contributed by atoms with Crippen molar-refractivity contribution in [2.75, 3.05) is 31.1 Å². The fourth-order valence-electron chi connectivity index (χ4n) is 3.03. The summed E-state index contributed by atoms with van der Waals surface area (Å²) in [7, 11) is 0. The van der Waals surface area contributed by atoms with Crippen molar-refractivity contribution in [3.63, 3.8) is 0 Å². The number of piperazine rings is 1. The van der Waals surface area contributed by atoms with E-state index in [-0.39, 0.29) is 5.91 Å². The standard InChI is InChI=1S/C17H16N4O3/c22-16(12-3-2-6-18-11-12)21-9-7-20(8-10-21)14-5-1-4-13-15(14)24-17(23)19-13/h1-6,11H,7-10H2,(H,19,23). The number of anilines is 1. The highest BCUT2D eigenvalue weighted by Crippen LogP contribution is 2.26. The number of carbonyl (C=O) groups excluding carboxylic acids is 1. The molecule has 1 aliphatic rings. The highest BCUT2D eigenvalue weighted by atomic mass is 16.4. The Morgan fingerprint density at radius 1 is 1.12 bits per heavy atom. The van der Waals surface area contributed by atoms with E-state index in [0.717, 1.165) is 5.69 Å². The van der Waals surface area contributed by atoms with Gasteiger partial charge in [-0.05, 0) is 24.3 Å². The normalized spacial score (nSPS) is 15.0. The topological polar surface area (TPSA) is 82.4 Å². The quantitative estimate of drug-likeness (QED) is 0.772. The van der Waals surface area contributed by atoms with Gasteiger partial charge in [-0.15, -0.1) is 0 Å². The van der Waals surface area contributed by atoms with Crippen molar-refractivity contribution in [2.45, 2.75) is 0 Å². The summed E-state index contributed by atoms with van der Waals surface area (Å²) in [5.74, 6) is -0.461. The molecule has 7 nitrogen and oxygen atoms in total. The van der Waals surface area contributed by atoms with Gasteiger partial charge >= 0.3 is 5.76 Å². The number of hydrogen-bond acceptors (Lipinski definition) is 5. The minimum atomic E-state index is -0.456. The maximum Gasteiger partial charge on any atom is 0.417 e. The van der Waals surface area contributed by atoms with Crippen molar-refractivity contribution in [3.8, 4) is 0 Å². The summed E-state index contributed by atoms with van der Waals surface area (Å²) in [6.07, 6.45) is 3.24. The van der Waals surface area contributed by atoms with E-state index in [4.69, 9.17) is 4.42 Å². The van der Waals surface area contributed by atoms with Gasteiger partial charge in [0, 0.05) is 38.6 Å². The smallest absolute Gasteiger partial charge is 0.406 e. The molecule has 3 aromatic rings. The molecule has 2 aromatic heterocycles. The number of nitrogens with zero attached hydrogens (tertiary/aromatic N) is 3. The van der Waals surface area contributed by atoms with Gasteiger partial charge in [-0.2, -0.15) is 0 Å². The Kier molecular flexibility index (Phi) is 3.53. The minimum Gasteiger partial charge on any atom is -0.406 e. The zero-order chi connectivity index (χ0) is 16.5. The molecule has 122 valence electrons. The van der Waals surface area contributed by atoms with Crippen LogP contribution in [0.15, 0.2) is 51.9 Å². The number of hydrogen-bond donors (Lipinski definition) is 1. The number of carbonyl (C=O) groups is 1. The van der Waals surface area contributed by atoms with Crippen molar-refractivity contribution in [3.05, 3.63) is 58.8 Å². The van der Waals surface area contributed by atoms with Crippen LogP contribution in [0.5, 0.6) is 0 Å². The molecule has 24 heavy (non-hydrogen) atoms. The lowest BCUT2D eigenvalue weighted by Gasteiger charge is -2.36. The molecule has 1 saturated heterocycles. The lowest BCUT2D eigenvalue weighted by Crippen LogP contribution is -2.48. The first-order valence-corrected chi connectivity index (χ1v) is 7.78. The van der Waals surface area contributed by atoms with Crippen LogP contribution in [-0.4, -0.2) is 47.0 Å². The van der Waals surface area contributed by atoms with Crippen LogP contribution < -0.4 is 10.7 Å². The van der Waals surface area contributed by atoms with Gasteiger partial charge in [0.2, 0.25) is 0 Å². The maximum atomic E-state index is 12.5. The SMILES string of the molecule is O=C(c1cccnc1)N1CCN(c2cccc3[nH]c(=O)oc23)CC1. The molecule has 3 heterocycles. The molecule has 1 fully saturated rings. The summed E-state index contributed by atoms with van der Waals surface area (Å²) in [4.78, 5) is 34.5. The number of H-pyrrole nitrogens is 1. The highest BCUT2D eigenvalue weighted by molar-refractivity contribution is 5.94. The number of pyridine rings is 1. The number of aromatic nitrogens is 2. The van der Waals surface area contributed by atoms with Crippen molar-refractivity contribution in [1.82, 2.24) is 14.9 Å². The van der Waals surface area contributed by atoms with Crippen LogP contribution in [0.2, 0.25) is 0 Å². The Labute approximate surface area is 137 Å². The van der Waals surface area contributed by atoms with Crippen LogP contribution in [0.3, 0.4) is 0 Å². The molecular weight excluding hydrogens is 308 g/mol. The monoisotopic (exact) mass is 324 g/mol. The van der Waals surface area contributed by atoms with Gasteiger partial charge in [0.15, 0.2) is 5.58 Å². The van der Waals surface area contributed by atoms with Crippen LogP contribution in [0.1, 0.15) is 10.4 Å². The Morgan fingerprint density at radius 3 is 2.71 bits per heavy atom. The number of nitrogens with one attached hydrogen (secondary N) is 1. The van der Waals surface area contributed by atoms with Gasteiger partial charge < -0.3 is 14.2 Å². The fourth-order valence-corrected chi connectivity index (χ4v) is 3.03. The predicted molar refractivity (Wildman–Crippen MR) is 89.2 cm³/mol. The van der Waals surface area contributed by atoms with Gasteiger partial charge in [0.25, 0.3) is 5.91 Å². The Bertz CT molecular complexity index is 924. The van der Waals surface area contributed by atoms with E-state index >= 15 is 0 Å². The average Bonchev–Trinajstić information content (AvgIpc) is 3.02. The molecule has 7 heteroatoms. The number of aromatic amines is 1. The molecule has 0 radical (unpaired) electrons. The van der Waals surface area contributed by atoms with Crippen molar-refractivity contribution >= 4 is 22.7 Å². The minimum absolute atomic E-state index is 0.00543. The largest absolute Gasteiger partial charge is 0.417 e. The maximum absolute atomic E-state index is 12.5. The first-order valence-electron chi connectivity index (χ1n) is 7.78. The third kappa shape index (κ3) is 2.54. The number of rotatable bonds is 2. The number of amides is 1. The van der Waals surface area contributed by atoms with Gasteiger partial charge in [-0.1, -0.05) is 6.07 Å². The van der Waals surface area contributed by atoms with Crippen molar-refractivity contribution < 1.29 is 9.21 Å². The van der Waals surface area contributed by atoms with Crippen LogP contribution in [-0.2, 0) is 0 Å². The van der Waals surface area contributed by atoms with Crippen LogP contribution in [0.25, 0.3) is 11.1 Å². The van der Waals surface area contributed by atoms with E-state index in [9.17, 15) is 9.59 Å². The summed E-state index contributed by atoms with van der Waals surface area (Å²) in [6.45, 7) is 2.58. The molecular formula is C17H16N4O3. The van der Waals surface area contributed by atoms with E-state index in [2.05, 4.69) is 14.9 Å². The first-order chi connectivity index (χ1) is 11.7. The van der Waals surface area contributed by atoms with Gasteiger partial charge in [0.05, 0.1) is 16.8 Å². The van der Waals surface area contributed by atoms with Crippen LogP contribution in [0.4, 0.5) is 5.69 Å². The third-order valence-corrected chi connectivity index (χ3v) is 4.24. The molecule has 1 aromatic carbocycles. The number of benzene rings is 1. The molecule has 0 unspecified atom stereocenters. The lowest BCUT2D eigenvalue weighted by molar-refractivity contribution is 0.0746. The van der Waals surface area contributed by atoms with E-state index in [1.807, 2.05) is 23.1 Å². The van der Waals surface area contributed by atoms with E-state index < -0.39 is 5.76 Å². The molecule has 1 amide bonds. The summed E-state index contributed by atoms with van der Waals surface area (Å²) < 4.78 is 5.25. The van der Waals surface area contributed by atoms with Crippen LogP contribution in [0, 0.1) is 0 Å². The summed E-state index contributed by atoms with van der Waals surface area (Å²) in [5.41, 5.74) is 2.73. The van der Waals surface area contributed by atoms with Gasteiger partial charge in [-0.3, -0.25) is 14.8 Å². The second-order valence-corrected chi connectivity index (χ2v) is 5.69. The van der Waals surface area contributed by atoms with Gasteiger partial charge in [-0.25, -0.2) is 4.79 Å². The zero-order valence-corrected chi connectivity index (χ0v) is 12.9. The highest BCUT2D eigenvalue weighted by Gasteiger charge is 2.24. The van der Waals surface area contributed by atoms with E-state index in [0.29, 0.717) is 42.8 Å². The molecule has 0 saturated carbocycles. The molecule has 0 bridgehead atoms. The predicted octanol–water partition coefficient (Wildman–Crippen LogP) is 1.48. The fraction of sp³-hybridized carbons (Fsp3) is 0.235. The third-order valence-electron chi connectivity index (χ3n) is 4.24. The Hall–Kier alpha value is -3.09. The van der Waals surface area contributed by atoms with Gasteiger partial charge in [0.1, 0.15) is 0 Å². The van der Waals surface area contributed by atoms with Crippen molar-refractivity contribution in [2.24, 2.45) is 0 Å². The average molecular weight is 324 g/mol. The summed E-state index contributed by atoms with van der Waals surface area (Å²) >= 11 is 0. The number of fused-ring (bicyclic) bond motifs is 1. The molecule has 0 aliphatic carbocycles. The molecule has 1 N–H and O–H groups in total. The van der Waals surface area contributed by atoms with Crippen molar-refractivity contribution in [1.29, 1.82) is 0 Å². The molecule has 1 aliphatic heterocycles. The number of oxazole rings is 1. The lowest BCUT2D eigenvalue weighted by atomic mass is 10.2. The Balaban J connectivity index is 1.52. The summed E-state index contributed by atoms with van der Waals surface area (Å²) in [6, 6.07) is 9.16. The zero-order valence-electron chi connectivity index (χ0n) is 12.9.